The van der Waals surface area contributed by atoms with Crippen molar-refractivity contribution in [1.29, 1.82) is 0 Å². The largest absolute Gasteiger partial charge is 0.494 e. The third kappa shape index (κ3) is 3.06. The zero-order chi connectivity index (χ0) is 20.7. The van der Waals surface area contributed by atoms with Crippen molar-refractivity contribution < 1.29 is 14.2 Å². The van der Waals surface area contributed by atoms with E-state index in [1.54, 1.807) is 13.3 Å². The van der Waals surface area contributed by atoms with Crippen LogP contribution in [-0.2, 0) is 0 Å². The fraction of sp³-hybridized carbons (Fsp3) is 0.227. The van der Waals surface area contributed by atoms with Crippen LogP contribution in [-0.4, -0.2) is 48.0 Å². The molecule has 0 saturated heterocycles. The number of methoxy groups -OCH3 is 1. The molecule has 0 radical (unpaired) electrons. The summed E-state index contributed by atoms with van der Waals surface area (Å²) in [6.07, 6.45) is 3.20. The summed E-state index contributed by atoms with van der Waals surface area (Å²) in [5, 5.41) is 7.78. The van der Waals surface area contributed by atoms with E-state index in [1.165, 1.54) is 0 Å². The van der Waals surface area contributed by atoms with Gasteiger partial charge in [-0.1, -0.05) is 12.1 Å². The number of fused-ring (bicyclic) bond motifs is 2. The molecule has 8 heteroatoms. The van der Waals surface area contributed by atoms with Gasteiger partial charge in [0, 0.05) is 31.2 Å². The van der Waals surface area contributed by atoms with Crippen LogP contribution in [0.3, 0.4) is 0 Å². The van der Waals surface area contributed by atoms with Gasteiger partial charge in [-0.05, 0) is 29.8 Å². The average Bonchev–Trinajstić information content (AvgIpc) is 3.32. The Bertz CT molecular complexity index is 1210. The van der Waals surface area contributed by atoms with Crippen molar-refractivity contribution in [1.82, 2.24) is 20.2 Å². The van der Waals surface area contributed by atoms with E-state index in [-0.39, 0.29) is 0 Å². The van der Waals surface area contributed by atoms with Crippen LogP contribution in [0.1, 0.15) is 11.9 Å². The highest BCUT2D eigenvalue weighted by molar-refractivity contribution is 5.97. The number of nitrogens with one attached hydrogen (secondary N) is 1. The van der Waals surface area contributed by atoms with Crippen molar-refractivity contribution in [2.24, 2.45) is 0 Å². The predicted octanol–water partition coefficient (Wildman–Crippen LogP) is 3.61. The van der Waals surface area contributed by atoms with Crippen LogP contribution in [0.15, 0.2) is 48.8 Å². The number of benzene rings is 2. The molecular weight excluding hydrogens is 382 g/mol. The van der Waals surface area contributed by atoms with Gasteiger partial charge in [-0.2, -0.15) is 5.10 Å². The van der Waals surface area contributed by atoms with Crippen LogP contribution in [0.2, 0.25) is 0 Å². The minimum atomic E-state index is -0.416. The molecule has 30 heavy (non-hydrogen) atoms. The Balaban J connectivity index is 1.65. The van der Waals surface area contributed by atoms with Gasteiger partial charge in [0.15, 0.2) is 23.4 Å². The van der Waals surface area contributed by atoms with Gasteiger partial charge < -0.3 is 19.1 Å². The van der Waals surface area contributed by atoms with Gasteiger partial charge in [0.1, 0.15) is 23.7 Å². The Labute approximate surface area is 173 Å². The highest BCUT2D eigenvalue weighted by Crippen LogP contribution is 2.38. The molecule has 0 bridgehead atoms. The first kappa shape index (κ1) is 18.2. The molecule has 0 spiro atoms. The summed E-state index contributed by atoms with van der Waals surface area (Å²) < 4.78 is 17.7. The van der Waals surface area contributed by atoms with Crippen LogP contribution in [0.4, 0.5) is 5.82 Å². The third-order valence-corrected chi connectivity index (χ3v) is 5.03. The summed E-state index contributed by atoms with van der Waals surface area (Å²) in [5.74, 6) is 3.40. The summed E-state index contributed by atoms with van der Waals surface area (Å²) in [6.45, 7) is 0.338. The number of nitrogens with zero attached hydrogens (tertiary/aromatic N) is 4. The lowest BCUT2D eigenvalue weighted by Gasteiger charge is -2.26. The number of H-pyrrole nitrogens is 1. The van der Waals surface area contributed by atoms with Gasteiger partial charge in [-0.25, -0.2) is 9.97 Å². The molecule has 2 aromatic heterocycles. The maximum absolute atomic E-state index is 6.14. The first-order valence-electron chi connectivity index (χ1n) is 9.58. The zero-order valence-corrected chi connectivity index (χ0v) is 16.9. The lowest BCUT2D eigenvalue weighted by molar-refractivity contribution is 0.0854. The number of hydrogen-bond acceptors (Lipinski definition) is 7. The Morgan fingerprint density at radius 2 is 1.93 bits per heavy atom. The summed E-state index contributed by atoms with van der Waals surface area (Å²) >= 11 is 0. The molecule has 2 aromatic carbocycles. The maximum atomic E-state index is 6.14. The van der Waals surface area contributed by atoms with Crippen LogP contribution < -0.4 is 19.1 Å². The lowest BCUT2D eigenvalue weighted by Crippen LogP contribution is -2.24. The minimum absolute atomic E-state index is 0.338. The fourth-order valence-electron chi connectivity index (χ4n) is 3.56. The molecule has 1 N–H and O–H groups in total. The molecule has 152 valence electrons. The number of anilines is 1. The number of aromatic nitrogens is 4. The molecule has 0 aliphatic carbocycles. The van der Waals surface area contributed by atoms with E-state index >= 15 is 0 Å². The van der Waals surface area contributed by atoms with Crippen molar-refractivity contribution in [3.8, 4) is 28.4 Å². The molecular formula is C22H21N5O3. The average molecular weight is 403 g/mol. The van der Waals surface area contributed by atoms with Crippen LogP contribution in [0.5, 0.6) is 17.2 Å². The van der Waals surface area contributed by atoms with Crippen molar-refractivity contribution in [3.05, 3.63) is 54.6 Å². The van der Waals surface area contributed by atoms with Crippen molar-refractivity contribution in [2.75, 3.05) is 32.7 Å². The molecule has 1 atom stereocenters. The molecule has 1 aliphatic heterocycles. The SMILES string of the molecule is COc1cc(-c2cn[nH]c2)cc2c(N(C)C)nc(C3COc4ccccc4O3)nc12. The molecule has 0 saturated carbocycles. The number of ether oxygens (including phenoxy) is 3. The van der Waals surface area contributed by atoms with E-state index in [4.69, 9.17) is 24.2 Å². The second-order valence-electron chi connectivity index (χ2n) is 7.23. The van der Waals surface area contributed by atoms with Crippen molar-refractivity contribution in [2.45, 2.75) is 6.10 Å². The summed E-state index contributed by atoms with van der Waals surface area (Å²) in [4.78, 5) is 11.6. The highest BCUT2D eigenvalue weighted by Gasteiger charge is 2.27. The standard InChI is InChI=1S/C22H21N5O3/c1-27(2)22-15-8-13(14-10-23-24-11-14)9-18(28-3)20(15)25-21(26-22)19-12-29-16-6-4-5-7-17(16)30-19/h4-11,19H,12H2,1-3H3,(H,23,24). The Morgan fingerprint density at radius 1 is 1.10 bits per heavy atom. The predicted molar refractivity (Wildman–Crippen MR) is 113 cm³/mol. The molecule has 3 heterocycles. The summed E-state index contributed by atoms with van der Waals surface area (Å²) in [6, 6.07) is 11.6. The topological polar surface area (TPSA) is 85.4 Å². The van der Waals surface area contributed by atoms with E-state index in [9.17, 15) is 0 Å². The Morgan fingerprint density at radius 3 is 2.67 bits per heavy atom. The zero-order valence-electron chi connectivity index (χ0n) is 16.9. The second kappa shape index (κ2) is 7.22. The van der Waals surface area contributed by atoms with Gasteiger partial charge in [-0.15, -0.1) is 0 Å². The van der Waals surface area contributed by atoms with Gasteiger partial charge in [0.25, 0.3) is 0 Å². The normalized spacial score (nSPS) is 15.2. The van der Waals surface area contributed by atoms with Gasteiger partial charge >= 0.3 is 0 Å². The van der Waals surface area contributed by atoms with E-state index < -0.39 is 6.10 Å². The number of hydrogen-bond donors (Lipinski definition) is 1. The second-order valence-corrected chi connectivity index (χ2v) is 7.23. The highest BCUT2D eigenvalue weighted by atomic mass is 16.6. The first-order chi connectivity index (χ1) is 14.6. The van der Waals surface area contributed by atoms with Gasteiger partial charge in [0.05, 0.1) is 13.3 Å². The van der Waals surface area contributed by atoms with E-state index in [1.807, 2.05) is 55.5 Å². The van der Waals surface area contributed by atoms with Gasteiger partial charge in [-0.3, -0.25) is 5.10 Å². The monoisotopic (exact) mass is 403 g/mol. The minimum Gasteiger partial charge on any atom is -0.494 e. The lowest BCUT2D eigenvalue weighted by atomic mass is 10.1. The van der Waals surface area contributed by atoms with Gasteiger partial charge in [0.2, 0.25) is 0 Å². The van der Waals surface area contributed by atoms with E-state index in [2.05, 4.69) is 16.3 Å². The first-order valence-corrected chi connectivity index (χ1v) is 9.58. The summed E-state index contributed by atoms with van der Waals surface area (Å²) in [5.41, 5.74) is 2.66. The van der Waals surface area contributed by atoms with E-state index in [0.717, 1.165) is 33.6 Å². The fourth-order valence-corrected chi connectivity index (χ4v) is 3.56. The number of aromatic amines is 1. The third-order valence-electron chi connectivity index (χ3n) is 5.03. The smallest absolute Gasteiger partial charge is 0.192 e. The molecule has 5 rings (SSSR count). The molecule has 1 unspecified atom stereocenters. The Hall–Kier alpha value is -3.81. The molecule has 0 amide bonds. The van der Waals surface area contributed by atoms with Crippen LogP contribution in [0.25, 0.3) is 22.0 Å². The molecule has 1 aliphatic rings. The number of para-hydroxylation sites is 2. The molecule has 4 aromatic rings. The Kier molecular flexibility index (Phi) is 4.39. The van der Waals surface area contributed by atoms with Crippen molar-refractivity contribution >= 4 is 16.7 Å². The molecule has 0 fully saturated rings. The van der Waals surface area contributed by atoms with Crippen LogP contribution in [0, 0.1) is 0 Å². The number of rotatable bonds is 4. The van der Waals surface area contributed by atoms with Crippen molar-refractivity contribution in [3.63, 3.8) is 0 Å². The van der Waals surface area contributed by atoms with E-state index in [0.29, 0.717) is 23.9 Å². The maximum Gasteiger partial charge on any atom is 0.192 e. The van der Waals surface area contributed by atoms with Crippen LogP contribution >= 0.6 is 0 Å². The quantitative estimate of drug-likeness (QED) is 0.557. The summed E-state index contributed by atoms with van der Waals surface area (Å²) in [7, 11) is 5.55. The molecule has 8 nitrogen and oxygen atoms in total.